The maximum atomic E-state index is 11.9. The van der Waals surface area contributed by atoms with E-state index < -0.39 is 0 Å². The minimum Gasteiger partial charge on any atom is -0.368 e. The highest BCUT2D eigenvalue weighted by atomic mass is 16.5. The van der Waals surface area contributed by atoms with Crippen molar-refractivity contribution < 1.29 is 9.32 Å². The molecule has 1 aromatic heterocycles. The molecule has 0 radical (unpaired) electrons. The van der Waals surface area contributed by atoms with Gasteiger partial charge < -0.3 is 10.3 Å². The fraction of sp³-hybridized carbons (Fsp3) is 0.412. The number of benzene rings is 1. The first-order valence-corrected chi connectivity index (χ1v) is 7.86. The summed E-state index contributed by atoms with van der Waals surface area (Å²) >= 11 is 0. The van der Waals surface area contributed by atoms with Crippen LogP contribution in [0.1, 0.15) is 23.1 Å². The Hall–Kier alpha value is -2.18. The van der Waals surface area contributed by atoms with E-state index in [4.69, 9.17) is 10.3 Å². The van der Waals surface area contributed by atoms with Gasteiger partial charge in [0.25, 0.3) is 0 Å². The lowest BCUT2D eigenvalue weighted by Crippen LogP contribution is -2.49. The maximum Gasteiger partial charge on any atom is 0.239 e. The van der Waals surface area contributed by atoms with Gasteiger partial charge in [-0.3, -0.25) is 14.6 Å². The highest BCUT2D eigenvalue weighted by Crippen LogP contribution is 2.22. The number of amides is 1. The molecule has 1 atom stereocenters. The van der Waals surface area contributed by atoms with Gasteiger partial charge in [0.1, 0.15) is 6.04 Å². The van der Waals surface area contributed by atoms with E-state index in [1.807, 2.05) is 43.3 Å². The van der Waals surface area contributed by atoms with E-state index in [9.17, 15) is 4.79 Å². The van der Waals surface area contributed by atoms with E-state index in [1.54, 1.807) is 0 Å². The lowest BCUT2D eigenvalue weighted by Gasteiger charge is -2.37. The Morgan fingerprint density at radius 2 is 1.96 bits per heavy atom. The second kappa shape index (κ2) is 6.93. The minimum atomic E-state index is -0.356. The number of carbonyl (C=O) groups excluding carboxylic acids is 1. The lowest BCUT2D eigenvalue weighted by molar-refractivity contribution is -0.124. The van der Waals surface area contributed by atoms with E-state index in [0.29, 0.717) is 0 Å². The fourth-order valence-corrected chi connectivity index (χ4v) is 3.08. The summed E-state index contributed by atoms with van der Waals surface area (Å²) in [5.74, 6) is 0.584. The lowest BCUT2D eigenvalue weighted by atomic mass is 10.0. The van der Waals surface area contributed by atoms with Crippen LogP contribution in [0.25, 0.3) is 0 Å². The van der Waals surface area contributed by atoms with Crippen molar-refractivity contribution in [2.75, 3.05) is 26.2 Å². The topological polar surface area (TPSA) is 75.6 Å². The number of nitrogens with zero attached hydrogens (tertiary/aromatic N) is 3. The summed E-state index contributed by atoms with van der Waals surface area (Å²) in [7, 11) is 0. The molecule has 0 spiro atoms. The van der Waals surface area contributed by atoms with Crippen LogP contribution in [0.2, 0.25) is 0 Å². The van der Waals surface area contributed by atoms with Gasteiger partial charge in [-0.1, -0.05) is 35.5 Å². The van der Waals surface area contributed by atoms with Crippen LogP contribution in [-0.2, 0) is 11.3 Å². The molecule has 2 heterocycles. The van der Waals surface area contributed by atoms with Crippen molar-refractivity contribution in [1.82, 2.24) is 15.0 Å². The van der Waals surface area contributed by atoms with Gasteiger partial charge in [-0.05, 0) is 12.5 Å². The first kappa shape index (κ1) is 15.7. The van der Waals surface area contributed by atoms with E-state index in [1.165, 1.54) is 0 Å². The number of aromatic nitrogens is 1. The van der Waals surface area contributed by atoms with Crippen LogP contribution < -0.4 is 5.73 Å². The van der Waals surface area contributed by atoms with Crippen molar-refractivity contribution in [2.24, 2.45) is 5.73 Å². The second-order valence-electron chi connectivity index (χ2n) is 5.96. The highest BCUT2D eigenvalue weighted by Gasteiger charge is 2.29. The molecule has 2 aromatic rings. The van der Waals surface area contributed by atoms with Crippen molar-refractivity contribution in [2.45, 2.75) is 19.5 Å². The summed E-state index contributed by atoms with van der Waals surface area (Å²) in [4.78, 5) is 16.4. The number of hydrogen-bond acceptors (Lipinski definition) is 5. The molecule has 2 N–H and O–H groups in total. The van der Waals surface area contributed by atoms with Crippen LogP contribution >= 0.6 is 0 Å². The molecule has 122 valence electrons. The zero-order valence-corrected chi connectivity index (χ0v) is 13.3. The van der Waals surface area contributed by atoms with Gasteiger partial charge in [-0.25, -0.2) is 0 Å². The van der Waals surface area contributed by atoms with E-state index >= 15 is 0 Å². The Kier molecular flexibility index (Phi) is 4.73. The van der Waals surface area contributed by atoms with Gasteiger partial charge in [-0.2, -0.15) is 0 Å². The van der Waals surface area contributed by atoms with Crippen LogP contribution in [0.4, 0.5) is 0 Å². The summed E-state index contributed by atoms with van der Waals surface area (Å²) in [5.41, 5.74) is 7.50. The number of aryl methyl sites for hydroxylation is 1. The molecule has 3 rings (SSSR count). The summed E-state index contributed by atoms with van der Waals surface area (Å²) in [6, 6.07) is 11.3. The molecule has 6 nitrogen and oxygen atoms in total. The predicted octanol–water partition coefficient (Wildman–Crippen LogP) is 1.33. The molecule has 6 heteroatoms. The Morgan fingerprint density at radius 3 is 2.52 bits per heavy atom. The quantitative estimate of drug-likeness (QED) is 0.901. The largest absolute Gasteiger partial charge is 0.368 e. The van der Waals surface area contributed by atoms with Crippen molar-refractivity contribution >= 4 is 5.91 Å². The molecule has 23 heavy (non-hydrogen) atoms. The third-order valence-corrected chi connectivity index (χ3v) is 4.21. The molecule has 1 aliphatic rings. The van der Waals surface area contributed by atoms with Gasteiger partial charge in [0.15, 0.2) is 5.76 Å². The fourth-order valence-electron chi connectivity index (χ4n) is 3.08. The smallest absolute Gasteiger partial charge is 0.239 e. The normalized spacial score (nSPS) is 18.0. The highest BCUT2D eigenvalue weighted by molar-refractivity contribution is 5.81. The van der Waals surface area contributed by atoms with E-state index in [-0.39, 0.29) is 11.9 Å². The average Bonchev–Trinajstić information content (AvgIpc) is 2.95. The maximum absolute atomic E-state index is 11.9. The molecular formula is C17H22N4O2. The van der Waals surface area contributed by atoms with Gasteiger partial charge in [-0.15, -0.1) is 0 Å². The van der Waals surface area contributed by atoms with E-state index in [0.717, 1.165) is 49.7 Å². The number of piperazine rings is 1. The first-order chi connectivity index (χ1) is 11.1. The SMILES string of the molecule is Cc1cc(CN2CCN([C@H](C(N)=O)c3ccccc3)CC2)on1. The summed E-state index contributed by atoms with van der Waals surface area (Å²) < 4.78 is 5.27. The monoisotopic (exact) mass is 314 g/mol. The van der Waals surface area contributed by atoms with Crippen LogP contribution in [0.15, 0.2) is 40.9 Å². The number of hydrogen-bond donors (Lipinski definition) is 1. The van der Waals surface area contributed by atoms with Crippen molar-refractivity contribution in [1.29, 1.82) is 0 Å². The van der Waals surface area contributed by atoms with Crippen LogP contribution in [0.5, 0.6) is 0 Å². The summed E-state index contributed by atoms with van der Waals surface area (Å²) in [6.45, 7) is 6.02. The molecule has 0 bridgehead atoms. The van der Waals surface area contributed by atoms with Crippen LogP contribution in [-0.4, -0.2) is 47.0 Å². The molecule has 1 saturated heterocycles. The van der Waals surface area contributed by atoms with E-state index in [2.05, 4.69) is 15.0 Å². The molecule has 1 aromatic carbocycles. The Labute approximate surface area is 135 Å². The summed E-state index contributed by atoms with van der Waals surface area (Å²) in [6.07, 6.45) is 0. The van der Waals surface area contributed by atoms with Crippen molar-refractivity contribution in [3.8, 4) is 0 Å². The van der Waals surface area contributed by atoms with Crippen molar-refractivity contribution in [3.05, 3.63) is 53.4 Å². The van der Waals surface area contributed by atoms with Crippen molar-refractivity contribution in [3.63, 3.8) is 0 Å². The van der Waals surface area contributed by atoms with Gasteiger partial charge in [0.2, 0.25) is 5.91 Å². The standard InChI is InChI=1S/C17H22N4O2/c1-13-11-15(23-19-13)12-20-7-9-21(10-8-20)16(17(18)22)14-5-3-2-4-6-14/h2-6,11,16H,7-10,12H2,1H3,(H2,18,22)/t16-/m0/s1. The van der Waals surface area contributed by atoms with Gasteiger partial charge in [0.05, 0.1) is 12.2 Å². The average molecular weight is 314 g/mol. The van der Waals surface area contributed by atoms with Gasteiger partial charge in [0, 0.05) is 32.2 Å². The number of carbonyl (C=O) groups is 1. The predicted molar refractivity (Wildman–Crippen MR) is 86.5 cm³/mol. The Bertz CT molecular complexity index is 648. The van der Waals surface area contributed by atoms with Crippen LogP contribution in [0.3, 0.4) is 0 Å². The first-order valence-electron chi connectivity index (χ1n) is 7.86. The second-order valence-corrected chi connectivity index (χ2v) is 5.96. The third-order valence-electron chi connectivity index (χ3n) is 4.21. The zero-order chi connectivity index (χ0) is 16.2. The number of primary amides is 1. The molecular weight excluding hydrogens is 292 g/mol. The molecule has 0 saturated carbocycles. The molecule has 1 amide bonds. The Balaban J connectivity index is 1.61. The molecule has 0 unspecified atom stereocenters. The van der Waals surface area contributed by atoms with Crippen LogP contribution in [0, 0.1) is 6.92 Å². The minimum absolute atomic E-state index is 0.296. The number of nitrogens with two attached hydrogens (primary N) is 1. The Morgan fingerprint density at radius 1 is 1.26 bits per heavy atom. The van der Waals surface area contributed by atoms with Gasteiger partial charge >= 0.3 is 0 Å². The summed E-state index contributed by atoms with van der Waals surface area (Å²) in [5, 5.41) is 3.91. The molecule has 1 aliphatic heterocycles. The third kappa shape index (κ3) is 3.78. The molecule has 1 fully saturated rings. The molecule has 0 aliphatic carbocycles. The number of rotatable bonds is 5. The zero-order valence-electron chi connectivity index (χ0n) is 13.3.